The third-order valence-corrected chi connectivity index (χ3v) is 6.80. The first-order valence-corrected chi connectivity index (χ1v) is 9.75. The van der Waals surface area contributed by atoms with Crippen molar-refractivity contribution in [1.82, 2.24) is 5.32 Å². The first kappa shape index (κ1) is 15.2. The SMILES string of the molecule is Cc1cc(C(=O)N[C@H]2CCS(=O)(=O)C2)sc1-c1ccccc1. The zero-order valence-electron chi connectivity index (χ0n) is 12.2. The van der Waals surface area contributed by atoms with Gasteiger partial charge in [-0.3, -0.25) is 4.79 Å². The molecule has 0 unspecified atom stereocenters. The van der Waals surface area contributed by atoms with Crippen molar-refractivity contribution in [2.45, 2.75) is 19.4 Å². The molecular weight excluding hydrogens is 318 g/mol. The molecule has 2 aromatic rings. The molecule has 1 fully saturated rings. The van der Waals surface area contributed by atoms with Crippen LogP contribution < -0.4 is 5.32 Å². The van der Waals surface area contributed by atoms with Gasteiger partial charge in [0.2, 0.25) is 0 Å². The Bertz CT molecular complexity index is 794. The molecular formula is C16H17NO3S2. The lowest BCUT2D eigenvalue weighted by atomic mass is 10.1. The topological polar surface area (TPSA) is 63.2 Å². The van der Waals surface area contributed by atoms with E-state index in [0.29, 0.717) is 11.3 Å². The van der Waals surface area contributed by atoms with Crippen molar-refractivity contribution < 1.29 is 13.2 Å². The first-order valence-electron chi connectivity index (χ1n) is 7.12. The molecule has 0 bridgehead atoms. The number of aryl methyl sites for hydroxylation is 1. The highest BCUT2D eigenvalue weighted by Crippen LogP contribution is 2.32. The Morgan fingerprint density at radius 2 is 2.00 bits per heavy atom. The summed E-state index contributed by atoms with van der Waals surface area (Å²) in [5.74, 6) is 0.0306. The zero-order chi connectivity index (χ0) is 15.7. The first-order chi connectivity index (χ1) is 10.4. The van der Waals surface area contributed by atoms with Gasteiger partial charge in [-0.25, -0.2) is 8.42 Å². The minimum atomic E-state index is -2.98. The fourth-order valence-electron chi connectivity index (χ4n) is 2.64. The van der Waals surface area contributed by atoms with Gasteiger partial charge >= 0.3 is 0 Å². The fourth-order valence-corrected chi connectivity index (χ4v) is 5.39. The molecule has 6 heteroatoms. The highest BCUT2D eigenvalue weighted by Gasteiger charge is 2.29. The van der Waals surface area contributed by atoms with Gasteiger partial charge in [0.25, 0.3) is 5.91 Å². The molecule has 1 atom stereocenters. The second-order valence-electron chi connectivity index (χ2n) is 5.56. The van der Waals surface area contributed by atoms with Gasteiger partial charge in [-0.2, -0.15) is 0 Å². The van der Waals surface area contributed by atoms with Gasteiger partial charge in [0, 0.05) is 10.9 Å². The standard InChI is InChI=1S/C16H17NO3S2/c1-11-9-14(21-15(11)12-5-3-2-4-6-12)16(18)17-13-7-8-22(19,20)10-13/h2-6,9,13H,7-8,10H2,1H3,(H,17,18)/t13-/m0/s1. The Kier molecular flexibility index (Phi) is 4.06. The summed E-state index contributed by atoms with van der Waals surface area (Å²) in [5.41, 5.74) is 2.15. The quantitative estimate of drug-likeness (QED) is 0.938. The van der Waals surface area contributed by atoms with E-state index in [1.54, 1.807) is 0 Å². The van der Waals surface area contributed by atoms with Crippen LogP contribution in [0.25, 0.3) is 10.4 Å². The van der Waals surface area contributed by atoms with E-state index in [2.05, 4.69) is 5.32 Å². The predicted octanol–water partition coefficient (Wildman–Crippen LogP) is 2.64. The number of thiophene rings is 1. The predicted molar refractivity (Wildman–Crippen MR) is 89.0 cm³/mol. The smallest absolute Gasteiger partial charge is 0.261 e. The van der Waals surface area contributed by atoms with Crippen molar-refractivity contribution in [2.24, 2.45) is 0 Å². The number of hydrogen-bond acceptors (Lipinski definition) is 4. The monoisotopic (exact) mass is 335 g/mol. The van der Waals surface area contributed by atoms with E-state index in [-0.39, 0.29) is 23.5 Å². The fraction of sp³-hybridized carbons (Fsp3) is 0.312. The number of carbonyl (C=O) groups excluding carboxylic acids is 1. The van der Waals surface area contributed by atoms with Crippen molar-refractivity contribution in [3.63, 3.8) is 0 Å². The maximum Gasteiger partial charge on any atom is 0.261 e. The highest BCUT2D eigenvalue weighted by molar-refractivity contribution is 7.91. The van der Waals surface area contributed by atoms with Crippen LogP contribution >= 0.6 is 11.3 Å². The molecule has 1 N–H and O–H groups in total. The third kappa shape index (κ3) is 3.23. The Hall–Kier alpha value is -1.66. The number of nitrogens with one attached hydrogen (secondary N) is 1. The molecule has 1 saturated heterocycles. The van der Waals surface area contributed by atoms with Crippen LogP contribution in [0.1, 0.15) is 21.7 Å². The summed E-state index contributed by atoms with van der Waals surface area (Å²) in [5, 5.41) is 2.84. The second-order valence-corrected chi connectivity index (χ2v) is 8.84. The Labute approximate surface area is 134 Å². The van der Waals surface area contributed by atoms with Gasteiger partial charge in [-0.05, 0) is 30.5 Å². The Morgan fingerprint density at radius 3 is 2.64 bits per heavy atom. The van der Waals surface area contributed by atoms with E-state index in [1.165, 1.54) is 11.3 Å². The molecule has 1 aromatic heterocycles. The zero-order valence-corrected chi connectivity index (χ0v) is 13.8. The van der Waals surface area contributed by atoms with E-state index in [4.69, 9.17) is 0 Å². The molecule has 1 aliphatic rings. The van der Waals surface area contributed by atoms with E-state index < -0.39 is 9.84 Å². The van der Waals surface area contributed by atoms with E-state index in [9.17, 15) is 13.2 Å². The maximum atomic E-state index is 12.3. The van der Waals surface area contributed by atoms with Crippen LogP contribution in [0.4, 0.5) is 0 Å². The Morgan fingerprint density at radius 1 is 1.27 bits per heavy atom. The van der Waals surface area contributed by atoms with Gasteiger partial charge in [0.05, 0.1) is 16.4 Å². The summed E-state index contributed by atoms with van der Waals surface area (Å²) >= 11 is 1.44. The van der Waals surface area contributed by atoms with Crippen molar-refractivity contribution in [3.05, 3.63) is 46.8 Å². The van der Waals surface area contributed by atoms with Crippen LogP contribution in [-0.4, -0.2) is 31.9 Å². The van der Waals surface area contributed by atoms with Crippen molar-refractivity contribution in [2.75, 3.05) is 11.5 Å². The minimum absolute atomic E-state index is 0.0502. The number of hydrogen-bond donors (Lipinski definition) is 1. The number of rotatable bonds is 3. The van der Waals surface area contributed by atoms with Crippen LogP contribution in [0.5, 0.6) is 0 Å². The number of carbonyl (C=O) groups is 1. The number of sulfone groups is 1. The van der Waals surface area contributed by atoms with E-state index >= 15 is 0 Å². The molecule has 0 radical (unpaired) electrons. The average molecular weight is 335 g/mol. The van der Waals surface area contributed by atoms with Crippen molar-refractivity contribution >= 4 is 27.1 Å². The lowest BCUT2D eigenvalue weighted by Gasteiger charge is -2.09. The summed E-state index contributed by atoms with van der Waals surface area (Å²) in [6, 6.07) is 11.5. The maximum absolute atomic E-state index is 12.3. The molecule has 22 heavy (non-hydrogen) atoms. The molecule has 0 spiro atoms. The summed E-state index contributed by atoms with van der Waals surface area (Å²) in [7, 11) is -2.98. The Balaban J connectivity index is 1.77. The molecule has 1 aliphatic heterocycles. The summed E-state index contributed by atoms with van der Waals surface area (Å²) in [6.07, 6.45) is 0.504. The summed E-state index contributed by atoms with van der Waals surface area (Å²) < 4.78 is 22.9. The van der Waals surface area contributed by atoms with Gasteiger partial charge in [0.15, 0.2) is 9.84 Å². The molecule has 2 heterocycles. The van der Waals surface area contributed by atoms with Gasteiger partial charge in [-0.15, -0.1) is 11.3 Å². The summed E-state index contributed by atoms with van der Waals surface area (Å²) in [4.78, 5) is 14.0. The second kappa shape index (κ2) is 5.85. The average Bonchev–Trinajstić information content (AvgIpc) is 3.02. The van der Waals surface area contributed by atoms with Crippen molar-refractivity contribution in [3.8, 4) is 10.4 Å². The molecule has 116 valence electrons. The van der Waals surface area contributed by atoms with Crippen LogP contribution in [-0.2, 0) is 9.84 Å². The summed E-state index contributed by atoms with van der Waals surface area (Å²) in [6.45, 7) is 1.98. The molecule has 1 aromatic carbocycles. The van der Waals surface area contributed by atoms with Crippen LogP contribution in [0.3, 0.4) is 0 Å². The van der Waals surface area contributed by atoms with Gasteiger partial charge in [0.1, 0.15) is 0 Å². The van der Waals surface area contributed by atoms with E-state index in [1.807, 2.05) is 43.3 Å². The molecule has 0 aliphatic carbocycles. The molecule has 1 amide bonds. The number of amides is 1. The minimum Gasteiger partial charge on any atom is -0.348 e. The van der Waals surface area contributed by atoms with Crippen molar-refractivity contribution in [1.29, 1.82) is 0 Å². The lowest BCUT2D eigenvalue weighted by Crippen LogP contribution is -2.35. The van der Waals surface area contributed by atoms with Crippen LogP contribution in [0.15, 0.2) is 36.4 Å². The molecule has 3 rings (SSSR count). The van der Waals surface area contributed by atoms with Gasteiger partial charge < -0.3 is 5.32 Å². The number of benzene rings is 1. The lowest BCUT2D eigenvalue weighted by molar-refractivity contribution is 0.0945. The van der Waals surface area contributed by atoms with E-state index in [0.717, 1.165) is 16.0 Å². The third-order valence-electron chi connectivity index (χ3n) is 3.75. The normalized spacial score (nSPS) is 20.0. The molecule has 4 nitrogen and oxygen atoms in total. The van der Waals surface area contributed by atoms with Gasteiger partial charge in [-0.1, -0.05) is 30.3 Å². The molecule has 0 saturated carbocycles. The largest absolute Gasteiger partial charge is 0.348 e. The highest BCUT2D eigenvalue weighted by atomic mass is 32.2. The van der Waals surface area contributed by atoms with Crippen LogP contribution in [0.2, 0.25) is 0 Å². The van der Waals surface area contributed by atoms with Crippen LogP contribution in [0, 0.1) is 6.92 Å².